The molecule has 4 amide bonds. The number of halogens is 1. The molecule has 6 nitrogen and oxygen atoms in total. The summed E-state index contributed by atoms with van der Waals surface area (Å²) in [7, 11) is 0. The molecule has 0 saturated carbocycles. The molecule has 0 radical (unpaired) electrons. The van der Waals surface area contributed by atoms with Crippen molar-refractivity contribution < 1.29 is 18.8 Å². The molecule has 1 aliphatic rings. The van der Waals surface area contributed by atoms with Gasteiger partial charge in [0.1, 0.15) is 17.9 Å². The molecule has 3 rings (SSSR count). The summed E-state index contributed by atoms with van der Waals surface area (Å²) in [6.07, 6.45) is 0.286. The summed E-state index contributed by atoms with van der Waals surface area (Å²) in [6, 6.07) is 12.9. The summed E-state index contributed by atoms with van der Waals surface area (Å²) < 4.78 is 13.3. The Morgan fingerprint density at radius 1 is 1.13 bits per heavy atom. The third-order valence-electron chi connectivity index (χ3n) is 5.06. The van der Waals surface area contributed by atoms with Gasteiger partial charge in [-0.2, -0.15) is 0 Å². The Kier molecular flexibility index (Phi) is 6.77. The average molecular weight is 430 g/mol. The highest BCUT2D eigenvalue weighted by Crippen LogP contribution is 2.32. The van der Waals surface area contributed by atoms with Crippen LogP contribution in [0.4, 0.5) is 9.18 Å². The zero-order chi connectivity index (χ0) is 21.7. The number of imide groups is 1. The number of carbonyl (C=O) groups excluding carboxylic acids is 3. The van der Waals surface area contributed by atoms with Gasteiger partial charge in [0.2, 0.25) is 5.91 Å². The summed E-state index contributed by atoms with van der Waals surface area (Å²) in [5.41, 5.74) is 0.388. The Morgan fingerprint density at radius 2 is 1.80 bits per heavy atom. The van der Waals surface area contributed by atoms with Crippen LogP contribution in [0.3, 0.4) is 0 Å². The number of benzene rings is 2. The molecule has 158 valence electrons. The van der Waals surface area contributed by atoms with Gasteiger partial charge in [-0.1, -0.05) is 36.8 Å². The molecule has 0 bridgehead atoms. The van der Waals surface area contributed by atoms with Gasteiger partial charge < -0.3 is 10.6 Å². The van der Waals surface area contributed by atoms with Gasteiger partial charge in [0, 0.05) is 17.2 Å². The number of hydrogen-bond acceptors (Lipinski definition) is 4. The highest BCUT2D eigenvalue weighted by atomic mass is 32.2. The second-order valence-electron chi connectivity index (χ2n) is 7.10. The fourth-order valence-electron chi connectivity index (χ4n) is 3.34. The Morgan fingerprint density at radius 3 is 2.43 bits per heavy atom. The molecular formula is C22H24FN3O3S. The normalized spacial score (nSPS) is 18.4. The van der Waals surface area contributed by atoms with Gasteiger partial charge in [-0.3, -0.25) is 14.5 Å². The molecule has 2 N–H and O–H groups in total. The molecule has 1 unspecified atom stereocenters. The van der Waals surface area contributed by atoms with Gasteiger partial charge in [-0.05, 0) is 43.2 Å². The van der Waals surface area contributed by atoms with Gasteiger partial charge in [-0.25, -0.2) is 9.18 Å². The molecule has 0 aliphatic carbocycles. The van der Waals surface area contributed by atoms with Crippen molar-refractivity contribution in [3.8, 4) is 0 Å². The van der Waals surface area contributed by atoms with E-state index in [4.69, 9.17) is 0 Å². The van der Waals surface area contributed by atoms with E-state index < -0.39 is 29.2 Å². The van der Waals surface area contributed by atoms with Crippen LogP contribution in [0.5, 0.6) is 0 Å². The quantitative estimate of drug-likeness (QED) is 0.384. The number of thioether (sulfide) groups is 1. The third-order valence-corrected chi connectivity index (χ3v) is 6.07. The van der Waals surface area contributed by atoms with Crippen LogP contribution in [0.2, 0.25) is 0 Å². The predicted molar refractivity (Wildman–Crippen MR) is 114 cm³/mol. The first kappa shape index (κ1) is 21.8. The molecule has 0 spiro atoms. The Hall–Kier alpha value is -2.87. The zero-order valence-electron chi connectivity index (χ0n) is 16.9. The van der Waals surface area contributed by atoms with Gasteiger partial charge in [0.25, 0.3) is 5.91 Å². The number of amides is 4. The van der Waals surface area contributed by atoms with Crippen molar-refractivity contribution >= 4 is 29.6 Å². The first-order valence-corrected chi connectivity index (χ1v) is 10.7. The van der Waals surface area contributed by atoms with Crippen molar-refractivity contribution in [3.63, 3.8) is 0 Å². The number of nitrogens with one attached hydrogen (secondary N) is 2. The number of carbonyl (C=O) groups is 3. The van der Waals surface area contributed by atoms with E-state index in [9.17, 15) is 18.8 Å². The molecule has 8 heteroatoms. The SMILES string of the molecule is CCC1(c2ccc(F)cc2)NC(=O)N(CC(=O)NCCSc2ccc(C)cc2)C1=O. The number of rotatable bonds is 8. The van der Waals surface area contributed by atoms with Crippen molar-refractivity contribution in [2.24, 2.45) is 0 Å². The lowest BCUT2D eigenvalue weighted by molar-refractivity contribution is -0.135. The Balaban J connectivity index is 1.56. The van der Waals surface area contributed by atoms with E-state index in [0.29, 0.717) is 17.9 Å². The second kappa shape index (κ2) is 9.30. The number of aryl methyl sites for hydroxylation is 1. The molecule has 1 fully saturated rings. The zero-order valence-corrected chi connectivity index (χ0v) is 17.7. The summed E-state index contributed by atoms with van der Waals surface area (Å²) in [6.45, 7) is 3.84. The monoisotopic (exact) mass is 429 g/mol. The molecule has 1 aliphatic heterocycles. The first-order chi connectivity index (χ1) is 14.4. The molecule has 30 heavy (non-hydrogen) atoms. The highest BCUT2D eigenvalue weighted by molar-refractivity contribution is 7.99. The topological polar surface area (TPSA) is 78.5 Å². The third kappa shape index (κ3) is 4.64. The fraction of sp³-hybridized carbons (Fsp3) is 0.318. The largest absolute Gasteiger partial charge is 0.354 e. The van der Waals surface area contributed by atoms with Crippen LogP contribution >= 0.6 is 11.8 Å². The van der Waals surface area contributed by atoms with Crippen molar-refractivity contribution in [3.05, 3.63) is 65.5 Å². The van der Waals surface area contributed by atoms with Gasteiger partial charge in [-0.15, -0.1) is 11.8 Å². The molecule has 1 heterocycles. The van der Waals surface area contributed by atoms with E-state index in [0.717, 1.165) is 9.80 Å². The smallest absolute Gasteiger partial charge is 0.325 e. The molecular weight excluding hydrogens is 405 g/mol. The van der Waals surface area contributed by atoms with Crippen LogP contribution in [0.1, 0.15) is 24.5 Å². The molecule has 1 saturated heterocycles. The van der Waals surface area contributed by atoms with E-state index in [1.165, 1.54) is 29.8 Å². The molecule has 1 atom stereocenters. The first-order valence-electron chi connectivity index (χ1n) is 9.72. The maximum Gasteiger partial charge on any atom is 0.325 e. The number of hydrogen-bond donors (Lipinski definition) is 2. The van der Waals surface area contributed by atoms with E-state index in [-0.39, 0.29) is 13.0 Å². The molecule has 0 aromatic heterocycles. The Bertz CT molecular complexity index is 934. The summed E-state index contributed by atoms with van der Waals surface area (Å²) in [5.74, 6) is -0.676. The van der Waals surface area contributed by atoms with Crippen molar-refractivity contribution in [1.82, 2.24) is 15.5 Å². The minimum atomic E-state index is -1.29. The lowest BCUT2D eigenvalue weighted by Gasteiger charge is -2.25. The summed E-state index contributed by atoms with van der Waals surface area (Å²) in [4.78, 5) is 39.7. The van der Waals surface area contributed by atoms with Gasteiger partial charge in [0.05, 0.1) is 0 Å². The maximum absolute atomic E-state index is 13.3. The second-order valence-corrected chi connectivity index (χ2v) is 8.27. The average Bonchev–Trinajstić information content (AvgIpc) is 2.98. The van der Waals surface area contributed by atoms with E-state index >= 15 is 0 Å². The van der Waals surface area contributed by atoms with Crippen LogP contribution in [0.25, 0.3) is 0 Å². The fourth-order valence-corrected chi connectivity index (χ4v) is 4.11. The van der Waals surface area contributed by atoms with Gasteiger partial charge in [0.15, 0.2) is 0 Å². The van der Waals surface area contributed by atoms with Crippen molar-refractivity contribution in [2.75, 3.05) is 18.8 Å². The molecule has 2 aromatic rings. The van der Waals surface area contributed by atoms with Crippen LogP contribution in [0, 0.1) is 12.7 Å². The molecule has 2 aromatic carbocycles. The van der Waals surface area contributed by atoms with Crippen LogP contribution in [-0.4, -0.2) is 41.6 Å². The minimum Gasteiger partial charge on any atom is -0.354 e. The van der Waals surface area contributed by atoms with E-state index in [1.807, 2.05) is 31.2 Å². The van der Waals surface area contributed by atoms with Crippen molar-refractivity contribution in [2.45, 2.75) is 30.7 Å². The predicted octanol–water partition coefficient (Wildman–Crippen LogP) is 3.20. The Labute approximate surface area is 179 Å². The van der Waals surface area contributed by atoms with E-state index in [1.54, 1.807) is 18.7 Å². The number of urea groups is 1. The van der Waals surface area contributed by atoms with Crippen LogP contribution in [0.15, 0.2) is 53.4 Å². The number of nitrogens with zero attached hydrogens (tertiary/aromatic N) is 1. The summed E-state index contributed by atoms with van der Waals surface area (Å²) >= 11 is 1.61. The van der Waals surface area contributed by atoms with Gasteiger partial charge >= 0.3 is 6.03 Å². The minimum absolute atomic E-state index is 0.286. The van der Waals surface area contributed by atoms with Crippen molar-refractivity contribution in [1.29, 1.82) is 0 Å². The standard InChI is InChI=1S/C22H24FN3O3S/c1-3-22(16-6-8-17(23)9-7-16)20(28)26(21(29)25-22)14-19(27)24-12-13-30-18-10-4-15(2)5-11-18/h4-11H,3,12-14H2,1-2H3,(H,24,27)(H,25,29). The van der Waals surface area contributed by atoms with Crippen LogP contribution < -0.4 is 10.6 Å². The maximum atomic E-state index is 13.3. The van der Waals surface area contributed by atoms with Crippen LogP contribution in [-0.2, 0) is 15.1 Å². The van der Waals surface area contributed by atoms with E-state index in [2.05, 4.69) is 10.6 Å². The lowest BCUT2D eigenvalue weighted by Crippen LogP contribution is -2.45. The lowest BCUT2D eigenvalue weighted by atomic mass is 9.87. The summed E-state index contributed by atoms with van der Waals surface area (Å²) in [5, 5.41) is 5.42. The highest BCUT2D eigenvalue weighted by Gasteiger charge is 2.51.